The molecule has 1 N–H and O–H groups in total. The summed E-state index contributed by atoms with van der Waals surface area (Å²) in [5, 5.41) is 2.88. The van der Waals surface area contributed by atoms with Gasteiger partial charge >= 0.3 is 0 Å². The Hall–Kier alpha value is -1.96. The van der Waals surface area contributed by atoms with E-state index < -0.39 is 0 Å². The van der Waals surface area contributed by atoms with Crippen molar-refractivity contribution in [2.75, 3.05) is 18.4 Å². The summed E-state index contributed by atoms with van der Waals surface area (Å²) in [6, 6.07) is 11.3. The minimum Gasteiger partial charge on any atom is -0.338 e. The topological polar surface area (TPSA) is 62.3 Å². The Morgan fingerprint density at radius 2 is 1.96 bits per heavy atom. The molecular formula is C20H22IN3O2. The molecule has 2 heterocycles. The number of rotatable bonds is 3. The number of aromatic nitrogens is 1. The lowest BCUT2D eigenvalue weighted by Gasteiger charge is -2.32. The van der Waals surface area contributed by atoms with E-state index in [4.69, 9.17) is 0 Å². The summed E-state index contributed by atoms with van der Waals surface area (Å²) in [7, 11) is 0. The van der Waals surface area contributed by atoms with Gasteiger partial charge in [-0.2, -0.15) is 0 Å². The van der Waals surface area contributed by atoms with Crippen molar-refractivity contribution >= 4 is 40.2 Å². The minimum absolute atomic E-state index is 0.00396. The molecule has 0 spiro atoms. The normalized spacial score (nSPS) is 17.0. The van der Waals surface area contributed by atoms with Gasteiger partial charge in [0.2, 0.25) is 5.91 Å². The largest absolute Gasteiger partial charge is 0.338 e. The molecular weight excluding hydrogens is 441 g/mol. The quantitative estimate of drug-likeness (QED) is 0.705. The molecule has 1 aliphatic heterocycles. The maximum absolute atomic E-state index is 12.9. The van der Waals surface area contributed by atoms with Gasteiger partial charge in [0.15, 0.2) is 0 Å². The third kappa shape index (κ3) is 4.23. The van der Waals surface area contributed by atoms with Gasteiger partial charge in [0, 0.05) is 22.4 Å². The zero-order valence-corrected chi connectivity index (χ0v) is 17.1. The summed E-state index contributed by atoms with van der Waals surface area (Å²) >= 11 is 2.22. The summed E-state index contributed by atoms with van der Waals surface area (Å²) < 4.78 is 0.977. The maximum atomic E-state index is 12.9. The molecule has 26 heavy (non-hydrogen) atoms. The molecule has 1 atom stereocenters. The number of hydrogen-bond donors (Lipinski definition) is 1. The van der Waals surface area contributed by atoms with E-state index in [0.29, 0.717) is 24.5 Å². The van der Waals surface area contributed by atoms with E-state index in [-0.39, 0.29) is 17.7 Å². The lowest BCUT2D eigenvalue weighted by Crippen LogP contribution is -2.44. The van der Waals surface area contributed by atoms with Crippen molar-refractivity contribution in [2.24, 2.45) is 5.92 Å². The molecule has 3 rings (SSSR count). The summed E-state index contributed by atoms with van der Waals surface area (Å²) in [4.78, 5) is 31.7. The van der Waals surface area contributed by atoms with Gasteiger partial charge in [-0.3, -0.25) is 9.59 Å². The number of halogens is 1. The second-order valence-corrected chi connectivity index (χ2v) is 7.76. The van der Waals surface area contributed by atoms with Crippen LogP contribution in [-0.2, 0) is 4.79 Å². The third-order valence-corrected chi connectivity index (χ3v) is 6.07. The fourth-order valence-electron chi connectivity index (χ4n) is 3.20. The summed E-state index contributed by atoms with van der Waals surface area (Å²) in [5.41, 5.74) is 2.66. The average molecular weight is 463 g/mol. The van der Waals surface area contributed by atoms with E-state index in [9.17, 15) is 9.59 Å². The Kier molecular flexibility index (Phi) is 5.90. The number of pyridine rings is 1. The zero-order chi connectivity index (χ0) is 18.7. The van der Waals surface area contributed by atoms with Crippen LogP contribution in [0.15, 0.2) is 36.4 Å². The number of nitrogens with zero attached hydrogens (tertiary/aromatic N) is 2. The monoisotopic (exact) mass is 463 g/mol. The van der Waals surface area contributed by atoms with Crippen molar-refractivity contribution in [3.63, 3.8) is 0 Å². The van der Waals surface area contributed by atoms with Gasteiger partial charge in [0.25, 0.3) is 5.91 Å². The molecule has 1 aliphatic rings. The van der Waals surface area contributed by atoms with Crippen LogP contribution in [0, 0.1) is 23.3 Å². The van der Waals surface area contributed by atoms with Crippen LogP contribution in [0.2, 0.25) is 0 Å². The van der Waals surface area contributed by atoms with Gasteiger partial charge < -0.3 is 10.2 Å². The molecule has 6 heteroatoms. The van der Waals surface area contributed by atoms with Crippen LogP contribution in [0.4, 0.5) is 5.82 Å². The predicted molar refractivity (Wildman–Crippen MR) is 110 cm³/mol. The number of amides is 2. The highest BCUT2D eigenvalue weighted by atomic mass is 127. The summed E-state index contributed by atoms with van der Waals surface area (Å²) in [6.45, 7) is 5.02. The maximum Gasteiger partial charge on any atom is 0.254 e. The van der Waals surface area contributed by atoms with E-state index in [1.54, 1.807) is 11.0 Å². The summed E-state index contributed by atoms with van der Waals surface area (Å²) in [6.07, 6.45) is 1.61. The molecule has 136 valence electrons. The molecule has 0 saturated carbocycles. The molecule has 1 aromatic carbocycles. The van der Waals surface area contributed by atoms with Crippen molar-refractivity contribution in [1.82, 2.24) is 9.88 Å². The second-order valence-electron chi connectivity index (χ2n) is 6.68. The first-order valence-electron chi connectivity index (χ1n) is 8.74. The fraction of sp³-hybridized carbons (Fsp3) is 0.350. The van der Waals surface area contributed by atoms with Crippen LogP contribution in [0.25, 0.3) is 0 Å². The highest BCUT2D eigenvalue weighted by molar-refractivity contribution is 14.1. The van der Waals surface area contributed by atoms with E-state index in [1.165, 1.54) is 0 Å². The third-order valence-electron chi connectivity index (χ3n) is 4.64. The Labute approximate surface area is 167 Å². The molecule has 0 radical (unpaired) electrons. The second kappa shape index (κ2) is 8.16. The first-order chi connectivity index (χ1) is 12.5. The number of hydrogen-bond acceptors (Lipinski definition) is 3. The Bertz CT molecular complexity index is 838. The van der Waals surface area contributed by atoms with Crippen molar-refractivity contribution in [3.05, 3.63) is 56.8 Å². The molecule has 1 aromatic heterocycles. The Morgan fingerprint density at radius 1 is 1.19 bits per heavy atom. The lowest BCUT2D eigenvalue weighted by molar-refractivity contribution is -0.121. The number of carbonyl (C=O) groups is 2. The number of piperidine rings is 1. The van der Waals surface area contributed by atoms with E-state index in [2.05, 4.69) is 32.9 Å². The molecule has 2 aromatic rings. The number of carbonyl (C=O) groups excluding carboxylic acids is 2. The van der Waals surface area contributed by atoms with Crippen LogP contribution < -0.4 is 5.32 Å². The highest BCUT2D eigenvalue weighted by Gasteiger charge is 2.30. The Balaban J connectivity index is 1.69. The molecule has 2 amide bonds. The number of aryl methyl sites for hydroxylation is 2. The van der Waals surface area contributed by atoms with Crippen molar-refractivity contribution < 1.29 is 9.59 Å². The van der Waals surface area contributed by atoms with Crippen molar-refractivity contribution in [1.29, 1.82) is 0 Å². The Morgan fingerprint density at radius 3 is 2.73 bits per heavy atom. The molecule has 1 unspecified atom stereocenters. The van der Waals surface area contributed by atoms with Gasteiger partial charge in [-0.15, -0.1) is 0 Å². The lowest BCUT2D eigenvalue weighted by atomic mass is 9.96. The number of benzene rings is 1. The zero-order valence-electron chi connectivity index (χ0n) is 15.0. The van der Waals surface area contributed by atoms with Crippen LogP contribution >= 0.6 is 22.6 Å². The minimum atomic E-state index is -0.211. The van der Waals surface area contributed by atoms with Gasteiger partial charge in [-0.05, 0) is 73.0 Å². The van der Waals surface area contributed by atoms with Crippen LogP contribution in [0.5, 0.6) is 0 Å². The van der Waals surface area contributed by atoms with Crippen molar-refractivity contribution in [2.45, 2.75) is 26.7 Å². The molecule has 1 saturated heterocycles. The van der Waals surface area contributed by atoms with Gasteiger partial charge in [0.05, 0.1) is 11.5 Å². The van der Waals surface area contributed by atoms with Gasteiger partial charge in [-0.25, -0.2) is 4.98 Å². The number of nitrogens with one attached hydrogen (secondary N) is 1. The SMILES string of the molecule is Cc1cccc(NC(=O)C2CCCN(C(=O)c3cccc(C)c3I)C2)n1. The highest BCUT2D eigenvalue weighted by Crippen LogP contribution is 2.23. The van der Waals surface area contributed by atoms with Gasteiger partial charge in [-0.1, -0.05) is 18.2 Å². The van der Waals surface area contributed by atoms with Crippen LogP contribution in [-0.4, -0.2) is 34.8 Å². The molecule has 5 nitrogen and oxygen atoms in total. The number of anilines is 1. The van der Waals surface area contributed by atoms with E-state index in [1.807, 2.05) is 44.2 Å². The van der Waals surface area contributed by atoms with E-state index in [0.717, 1.165) is 27.7 Å². The first-order valence-corrected chi connectivity index (χ1v) is 9.82. The molecule has 0 aliphatic carbocycles. The van der Waals surface area contributed by atoms with Crippen LogP contribution in [0.3, 0.4) is 0 Å². The van der Waals surface area contributed by atoms with Gasteiger partial charge in [0.1, 0.15) is 5.82 Å². The van der Waals surface area contributed by atoms with E-state index >= 15 is 0 Å². The molecule has 0 bridgehead atoms. The van der Waals surface area contributed by atoms with Crippen LogP contribution in [0.1, 0.15) is 34.5 Å². The fourth-order valence-corrected chi connectivity index (χ4v) is 3.79. The smallest absolute Gasteiger partial charge is 0.254 e. The first kappa shape index (κ1) is 18.8. The summed E-state index contributed by atoms with van der Waals surface area (Å²) in [5.74, 6) is 0.285. The predicted octanol–water partition coefficient (Wildman–Crippen LogP) is 3.79. The number of likely N-dealkylation sites (tertiary alicyclic amines) is 1. The standard InChI is InChI=1S/C20H22IN3O2/c1-13-6-3-9-16(18(13)21)20(26)24-11-5-8-15(12-24)19(25)23-17-10-4-7-14(2)22-17/h3-4,6-7,9-10,15H,5,8,11-12H2,1-2H3,(H,22,23,25). The van der Waals surface area contributed by atoms with Crippen molar-refractivity contribution in [3.8, 4) is 0 Å². The average Bonchev–Trinajstić information content (AvgIpc) is 2.63. The molecule has 1 fully saturated rings.